The third kappa shape index (κ3) is 4.82. The van der Waals surface area contributed by atoms with E-state index >= 15 is 0 Å². The van der Waals surface area contributed by atoms with E-state index in [1.807, 2.05) is 42.7 Å². The number of pyridine rings is 2. The summed E-state index contributed by atoms with van der Waals surface area (Å²) in [6.07, 6.45) is 4.15. The lowest BCUT2D eigenvalue weighted by Gasteiger charge is -2.20. The number of rotatable bonds is 3. The molecule has 1 aliphatic heterocycles. The SMILES string of the molecule is Cc1ccc(C=O)c(F)c1.Nc1ccc(N2CCN(c3ccccn3)C2)cn1.[HH]. The molecule has 146 valence electrons. The van der Waals surface area contributed by atoms with Gasteiger partial charge in [-0.1, -0.05) is 12.1 Å². The van der Waals surface area contributed by atoms with Gasteiger partial charge in [0, 0.05) is 20.7 Å². The maximum atomic E-state index is 12.6. The van der Waals surface area contributed by atoms with Gasteiger partial charge in [-0.05, 0) is 48.9 Å². The first-order valence-electron chi connectivity index (χ1n) is 8.90. The Morgan fingerprint density at radius 3 is 2.57 bits per heavy atom. The lowest BCUT2D eigenvalue weighted by Crippen LogP contribution is -2.25. The van der Waals surface area contributed by atoms with Gasteiger partial charge < -0.3 is 15.5 Å². The Balaban J connectivity index is 0.000000234. The number of hydrogen-bond acceptors (Lipinski definition) is 6. The molecule has 6 nitrogen and oxygen atoms in total. The van der Waals surface area contributed by atoms with Crippen molar-refractivity contribution in [3.63, 3.8) is 0 Å². The van der Waals surface area contributed by atoms with Gasteiger partial charge >= 0.3 is 0 Å². The number of nitrogen functional groups attached to an aromatic ring is 1. The third-order valence-electron chi connectivity index (χ3n) is 4.37. The molecule has 3 heterocycles. The molecule has 0 spiro atoms. The number of nitrogens with zero attached hydrogens (tertiary/aromatic N) is 4. The van der Waals surface area contributed by atoms with E-state index in [0.29, 0.717) is 12.1 Å². The van der Waals surface area contributed by atoms with Gasteiger partial charge in [0.1, 0.15) is 17.5 Å². The number of aldehydes is 1. The van der Waals surface area contributed by atoms with Crippen molar-refractivity contribution in [1.82, 2.24) is 9.97 Å². The monoisotopic (exact) mass is 381 g/mol. The van der Waals surface area contributed by atoms with E-state index in [0.717, 1.165) is 36.8 Å². The minimum atomic E-state index is -0.449. The summed E-state index contributed by atoms with van der Waals surface area (Å²) in [6.45, 7) is 4.56. The smallest absolute Gasteiger partial charge is 0.152 e. The van der Waals surface area contributed by atoms with Crippen LogP contribution in [0.5, 0.6) is 0 Å². The van der Waals surface area contributed by atoms with Crippen molar-refractivity contribution in [2.24, 2.45) is 0 Å². The zero-order valence-electron chi connectivity index (χ0n) is 15.6. The molecular formula is C21H24FN5O. The van der Waals surface area contributed by atoms with Crippen molar-refractivity contribution < 1.29 is 10.6 Å². The predicted molar refractivity (Wildman–Crippen MR) is 111 cm³/mol. The van der Waals surface area contributed by atoms with Crippen molar-refractivity contribution in [1.29, 1.82) is 0 Å². The summed E-state index contributed by atoms with van der Waals surface area (Å²) in [5.41, 5.74) is 7.63. The lowest BCUT2D eigenvalue weighted by atomic mass is 10.1. The van der Waals surface area contributed by atoms with Crippen LogP contribution in [0.4, 0.5) is 21.7 Å². The molecule has 0 radical (unpaired) electrons. The Hall–Kier alpha value is -3.48. The molecule has 1 fully saturated rings. The number of benzene rings is 1. The molecule has 0 aliphatic carbocycles. The molecule has 4 rings (SSSR count). The van der Waals surface area contributed by atoms with Gasteiger partial charge in [-0.15, -0.1) is 0 Å². The zero-order valence-corrected chi connectivity index (χ0v) is 15.6. The van der Waals surface area contributed by atoms with E-state index in [4.69, 9.17) is 5.73 Å². The minimum absolute atomic E-state index is 0. The second-order valence-corrected chi connectivity index (χ2v) is 6.44. The molecule has 28 heavy (non-hydrogen) atoms. The van der Waals surface area contributed by atoms with Crippen molar-refractivity contribution in [2.45, 2.75) is 6.92 Å². The van der Waals surface area contributed by atoms with E-state index in [9.17, 15) is 9.18 Å². The van der Waals surface area contributed by atoms with E-state index < -0.39 is 5.82 Å². The molecule has 2 N–H and O–H groups in total. The Morgan fingerprint density at radius 1 is 1.11 bits per heavy atom. The molecule has 1 saturated heterocycles. The molecule has 0 atom stereocenters. The number of carbonyl (C=O) groups excluding carboxylic acids is 1. The first-order valence-corrected chi connectivity index (χ1v) is 8.90. The fourth-order valence-corrected chi connectivity index (χ4v) is 2.84. The topological polar surface area (TPSA) is 75.4 Å². The van der Waals surface area contributed by atoms with Crippen molar-refractivity contribution in [3.8, 4) is 0 Å². The van der Waals surface area contributed by atoms with Crippen LogP contribution >= 0.6 is 0 Å². The van der Waals surface area contributed by atoms with Crippen LogP contribution in [-0.4, -0.2) is 36.0 Å². The van der Waals surface area contributed by atoms with Crippen LogP contribution in [-0.2, 0) is 0 Å². The molecular weight excluding hydrogens is 357 g/mol. The Bertz CT molecular complexity index is 924. The van der Waals surface area contributed by atoms with Gasteiger partial charge in [-0.25, -0.2) is 14.4 Å². The van der Waals surface area contributed by atoms with E-state index in [1.54, 1.807) is 13.0 Å². The summed E-state index contributed by atoms with van der Waals surface area (Å²) >= 11 is 0. The maximum Gasteiger partial charge on any atom is 0.152 e. The largest absolute Gasteiger partial charge is 0.384 e. The first kappa shape index (κ1) is 19.3. The molecule has 0 unspecified atom stereocenters. The average molecular weight is 381 g/mol. The zero-order chi connectivity index (χ0) is 19.9. The van der Waals surface area contributed by atoms with Gasteiger partial charge in [0.25, 0.3) is 0 Å². The number of aromatic nitrogens is 2. The van der Waals surface area contributed by atoms with E-state index in [2.05, 4.69) is 19.8 Å². The van der Waals surface area contributed by atoms with Crippen molar-refractivity contribution in [2.75, 3.05) is 35.3 Å². The Morgan fingerprint density at radius 2 is 1.93 bits per heavy atom. The fourth-order valence-electron chi connectivity index (χ4n) is 2.84. The molecule has 7 heteroatoms. The highest BCUT2D eigenvalue weighted by Crippen LogP contribution is 2.21. The number of anilines is 3. The molecule has 0 bridgehead atoms. The van der Waals surface area contributed by atoms with Crippen LogP contribution in [0.1, 0.15) is 17.3 Å². The highest BCUT2D eigenvalue weighted by molar-refractivity contribution is 5.75. The normalized spacial score (nSPS) is 13.1. The summed E-state index contributed by atoms with van der Waals surface area (Å²) in [4.78, 5) is 23.1. The van der Waals surface area contributed by atoms with Gasteiger partial charge in [-0.3, -0.25) is 4.79 Å². The first-order chi connectivity index (χ1) is 13.6. The fraction of sp³-hybridized carbons (Fsp3) is 0.190. The average Bonchev–Trinajstić information content (AvgIpc) is 3.20. The third-order valence-corrected chi connectivity index (χ3v) is 4.37. The van der Waals surface area contributed by atoms with Crippen molar-refractivity contribution >= 4 is 23.6 Å². The number of hydrogen-bond donors (Lipinski definition) is 1. The molecule has 1 aliphatic rings. The highest BCUT2D eigenvalue weighted by atomic mass is 19.1. The maximum absolute atomic E-state index is 12.6. The molecule has 3 aromatic rings. The van der Waals surface area contributed by atoms with Gasteiger partial charge in [0.15, 0.2) is 6.29 Å². The number of aryl methyl sites for hydroxylation is 1. The van der Waals surface area contributed by atoms with Crippen LogP contribution in [0.2, 0.25) is 0 Å². The highest BCUT2D eigenvalue weighted by Gasteiger charge is 2.21. The number of nitrogens with two attached hydrogens (primary N) is 1. The summed E-state index contributed by atoms with van der Waals surface area (Å²) in [5, 5.41) is 0. The second-order valence-electron chi connectivity index (χ2n) is 6.44. The van der Waals surface area contributed by atoms with Crippen LogP contribution in [0, 0.1) is 12.7 Å². The van der Waals surface area contributed by atoms with Crippen molar-refractivity contribution in [3.05, 3.63) is 77.9 Å². The Labute approximate surface area is 164 Å². The van der Waals surface area contributed by atoms with E-state index in [1.165, 1.54) is 12.1 Å². The second kappa shape index (κ2) is 8.94. The summed E-state index contributed by atoms with van der Waals surface area (Å²) < 4.78 is 12.6. The number of halogens is 1. The number of carbonyl (C=O) groups is 1. The molecule has 1 aromatic carbocycles. The quantitative estimate of drug-likeness (QED) is 0.700. The van der Waals surface area contributed by atoms with Crippen LogP contribution < -0.4 is 15.5 Å². The minimum Gasteiger partial charge on any atom is -0.384 e. The summed E-state index contributed by atoms with van der Waals surface area (Å²) in [6, 6.07) is 14.3. The lowest BCUT2D eigenvalue weighted by molar-refractivity contribution is 0.112. The summed E-state index contributed by atoms with van der Waals surface area (Å²) in [5.74, 6) is 1.12. The van der Waals surface area contributed by atoms with Gasteiger partial charge in [0.05, 0.1) is 24.1 Å². The van der Waals surface area contributed by atoms with E-state index in [-0.39, 0.29) is 6.99 Å². The standard InChI is InChI=1S/C13H15N5.C8H7FO.H2/c14-12-5-4-11(9-16-12)17-7-8-18(10-17)13-3-1-2-6-15-13;1-6-2-3-7(5-10)8(9)4-6;/h1-6,9H,7-8,10H2,(H2,14,16);2-5H,1H3;1H. The molecule has 0 saturated carbocycles. The summed E-state index contributed by atoms with van der Waals surface area (Å²) in [7, 11) is 0. The van der Waals surface area contributed by atoms with Gasteiger partial charge in [0.2, 0.25) is 0 Å². The van der Waals surface area contributed by atoms with Crippen LogP contribution in [0.15, 0.2) is 60.9 Å². The molecule has 2 aromatic heterocycles. The van der Waals surface area contributed by atoms with Crippen LogP contribution in [0.3, 0.4) is 0 Å². The Kier molecular flexibility index (Phi) is 6.16. The molecule has 0 amide bonds. The predicted octanol–water partition coefficient (Wildman–Crippen LogP) is 3.54. The van der Waals surface area contributed by atoms with Gasteiger partial charge in [-0.2, -0.15) is 0 Å². The van der Waals surface area contributed by atoms with Crippen LogP contribution in [0.25, 0.3) is 0 Å².